The third-order valence-corrected chi connectivity index (χ3v) is 4.22. The van der Waals surface area contributed by atoms with Gasteiger partial charge in [-0.25, -0.2) is 4.79 Å². The smallest absolute Gasteiger partial charge is 0.317 e. The van der Waals surface area contributed by atoms with E-state index < -0.39 is 5.97 Å². The Bertz CT molecular complexity index is 381. The summed E-state index contributed by atoms with van der Waals surface area (Å²) >= 11 is 0. The predicted octanol–water partition coefficient (Wildman–Crippen LogP) is 1.70. The molecule has 3 atom stereocenters. The Hall–Kier alpha value is -1.52. The van der Waals surface area contributed by atoms with Crippen molar-refractivity contribution < 1.29 is 14.7 Å². The maximum absolute atomic E-state index is 11.7. The topological polar surface area (TPSA) is 69.6 Å². The van der Waals surface area contributed by atoms with E-state index in [-0.39, 0.29) is 19.0 Å². The number of fused-ring (bicyclic) bond motifs is 2. The van der Waals surface area contributed by atoms with Crippen molar-refractivity contribution in [3.8, 4) is 0 Å². The highest BCUT2D eigenvalue weighted by molar-refractivity contribution is 5.74. The molecule has 1 unspecified atom stereocenters. The molecule has 0 spiro atoms. The Kier molecular flexibility index (Phi) is 4.45. The van der Waals surface area contributed by atoms with Crippen molar-refractivity contribution in [1.82, 2.24) is 10.2 Å². The van der Waals surface area contributed by atoms with Crippen molar-refractivity contribution in [1.29, 1.82) is 0 Å². The number of aliphatic carboxylic acids is 1. The van der Waals surface area contributed by atoms with Crippen LogP contribution in [0.15, 0.2) is 12.2 Å². The van der Waals surface area contributed by atoms with Crippen LogP contribution in [0.2, 0.25) is 0 Å². The molecule has 1 saturated carbocycles. The summed E-state index contributed by atoms with van der Waals surface area (Å²) in [6, 6.07) is -0.181. The standard InChI is InChI=1S/C14H22N2O3/c1-16(7-5-13(17)18)14(19)15-6-4-12-9-10-2-3-11(12)8-10/h2-3,10-12H,4-9H2,1H3,(H,15,19)(H,17,18)/t10-,11+,12?/m1/s1. The zero-order valence-electron chi connectivity index (χ0n) is 11.3. The molecule has 0 radical (unpaired) electrons. The van der Waals surface area contributed by atoms with Crippen LogP contribution in [0.5, 0.6) is 0 Å². The van der Waals surface area contributed by atoms with Crippen LogP contribution in [0.4, 0.5) is 4.79 Å². The number of allylic oxidation sites excluding steroid dienone is 2. The van der Waals surface area contributed by atoms with Crippen molar-refractivity contribution in [3.05, 3.63) is 12.2 Å². The monoisotopic (exact) mass is 266 g/mol. The van der Waals surface area contributed by atoms with Crippen LogP contribution in [0, 0.1) is 17.8 Å². The quantitative estimate of drug-likeness (QED) is 0.719. The fourth-order valence-corrected chi connectivity index (χ4v) is 3.09. The van der Waals surface area contributed by atoms with E-state index in [4.69, 9.17) is 5.11 Å². The summed E-state index contributed by atoms with van der Waals surface area (Å²) in [4.78, 5) is 23.5. The first-order valence-electron chi connectivity index (χ1n) is 6.95. The Balaban J connectivity index is 1.61. The molecule has 5 nitrogen and oxygen atoms in total. The minimum absolute atomic E-state index is 0.0128. The Morgan fingerprint density at radius 2 is 2.16 bits per heavy atom. The van der Waals surface area contributed by atoms with Gasteiger partial charge in [-0.1, -0.05) is 12.2 Å². The number of rotatable bonds is 6. The van der Waals surface area contributed by atoms with Gasteiger partial charge in [0.15, 0.2) is 0 Å². The summed E-state index contributed by atoms with van der Waals surface area (Å²) < 4.78 is 0. The molecule has 1 fully saturated rings. The summed E-state index contributed by atoms with van der Waals surface area (Å²) in [5, 5.41) is 11.4. The van der Waals surface area contributed by atoms with Crippen LogP contribution >= 0.6 is 0 Å². The lowest BCUT2D eigenvalue weighted by molar-refractivity contribution is -0.137. The fourth-order valence-electron chi connectivity index (χ4n) is 3.09. The number of carboxylic acids is 1. The zero-order valence-corrected chi connectivity index (χ0v) is 11.3. The van der Waals surface area contributed by atoms with Crippen LogP contribution < -0.4 is 5.32 Å². The maximum Gasteiger partial charge on any atom is 0.317 e. The van der Waals surface area contributed by atoms with Gasteiger partial charge in [0.05, 0.1) is 6.42 Å². The van der Waals surface area contributed by atoms with E-state index in [1.54, 1.807) is 7.05 Å². The van der Waals surface area contributed by atoms with Crippen molar-refractivity contribution >= 4 is 12.0 Å². The number of hydrogen-bond acceptors (Lipinski definition) is 2. The van der Waals surface area contributed by atoms with Gasteiger partial charge < -0.3 is 15.3 Å². The molecule has 0 saturated heterocycles. The van der Waals surface area contributed by atoms with E-state index in [9.17, 15) is 9.59 Å². The first kappa shape index (κ1) is 13.9. The van der Waals surface area contributed by atoms with Gasteiger partial charge in [-0.15, -0.1) is 0 Å². The van der Waals surface area contributed by atoms with Crippen LogP contribution in [0.1, 0.15) is 25.7 Å². The second kappa shape index (κ2) is 6.08. The molecule has 0 aromatic carbocycles. The van der Waals surface area contributed by atoms with Crippen molar-refractivity contribution in [2.24, 2.45) is 17.8 Å². The van der Waals surface area contributed by atoms with Gasteiger partial charge in [-0.05, 0) is 37.0 Å². The van der Waals surface area contributed by atoms with E-state index in [1.807, 2.05) is 0 Å². The van der Waals surface area contributed by atoms with Gasteiger partial charge in [-0.2, -0.15) is 0 Å². The van der Waals surface area contributed by atoms with Crippen LogP contribution in [-0.2, 0) is 4.79 Å². The number of amides is 2. The number of carbonyl (C=O) groups excluding carboxylic acids is 1. The molecule has 2 rings (SSSR count). The van der Waals surface area contributed by atoms with Gasteiger partial charge in [0.1, 0.15) is 0 Å². The van der Waals surface area contributed by atoms with Gasteiger partial charge in [0.2, 0.25) is 0 Å². The lowest BCUT2D eigenvalue weighted by atomic mass is 9.91. The lowest BCUT2D eigenvalue weighted by Gasteiger charge is -2.20. The molecule has 2 aliphatic carbocycles. The number of nitrogens with one attached hydrogen (secondary N) is 1. The van der Waals surface area contributed by atoms with Gasteiger partial charge in [0, 0.05) is 20.1 Å². The molecular weight excluding hydrogens is 244 g/mol. The van der Waals surface area contributed by atoms with Gasteiger partial charge in [-0.3, -0.25) is 4.79 Å². The molecule has 0 aliphatic heterocycles. The van der Waals surface area contributed by atoms with Crippen molar-refractivity contribution in [2.75, 3.05) is 20.1 Å². The second-order valence-electron chi connectivity index (χ2n) is 5.63. The molecule has 2 aliphatic rings. The summed E-state index contributed by atoms with van der Waals surface area (Å²) in [6.45, 7) is 0.927. The molecule has 5 heteroatoms. The normalized spacial score (nSPS) is 27.5. The Labute approximate surface area is 113 Å². The number of nitrogens with zero attached hydrogens (tertiary/aromatic N) is 1. The van der Waals surface area contributed by atoms with E-state index in [0.29, 0.717) is 18.4 Å². The molecule has 106 valence electrons. The molecule has 0 heterocycles. The van der Waals surface area contributed by atoms with Crippen LogP contribution in [0.25, 0.3) is 0 Å². The summed E-state index contributed by atoms with van der Waals surface area (Å²) in [5.74, 6) is 1.31. The molecule has 0 aromatic rings. The molecule has 19 heavy (non-hydrogen) atoms. The highest BCUT2D eigenvalue weighted by atomic mass is 16.4. The molecule has 2 bridgehead atoms. The third-order valence-electron chi connectivity index (χ3n) is 4.22. The number of hydrogen-bond donors (Lipinski definition) is 2. The summed E-state index contributed by atoms with van der Waals surface area (Å²) in [7, 11) is 1.62. The van der Waals surface area contributed by atoms with E-state index >= 15 is 0 Å². The maximum atomic E-state index is 11.7. The lowest BCUT2D eigenvalue weighted by Crippen LogP contribution is -2.39. The van der Waals surface area contributed by atoms with Crippen LogP contribution in [0.3, 0.4) is 0 Å². The van der Waals surface area contributed by atoms with Gasteiger partial charge in [0.25, 0.3) is 0 Å². The largest absolute Gasteiger partial charge is 0.481 e. The third kappa shape index (κ3) is 3.72. The second-order valence-corrected chi connectivity index (χ2v) is 5.63. The fraction of sp³-hybridized carbons (Fsp3) is 0.714. The van der Waals surface area contributed by atoms with Crippen molar-refractivity contribution in [2.45, 2.75) is 25.7 Å². The Morgan fingerprint density at radius 3 is 2.74 bits per heavy atom. The predicted molar refractivity (Wildman–Crippen MR) is 71.7 cm³/mol. The van der Waals surface area contributed by atoms with Crippen LogP contribution in [-0.4, -0.2) is 42.1 Å². The SMILES string of the molecule is CN(CCC(=O)O)C(=O)NCCC1C[C@@H]2C=C[C@H]1C2. The van der Waals surface area contributed by atoms with E-state index in [2.05, 4.69) is 17.5 Å². The Morgan fingerprint density at radius 1 is 1.37 bits per heavy atom. The number of urea groups is 1. The van der Waals surface area contributed by atoms with E-state index in [1.165, 1.54) is 17.7 Å². The molecule has 2 amide bonds. The van der Waals surface area contributed by atoms with E-state index in [0.717, 1.165) is 12.3 Å². The molecule has 0 aromatic heterocycles. The summed E-state index contributed by atoms with van der Waals surface area (Å²) in [6.07, 6.45) is 8.19. The summed E-state index contributed by atoms with van der Waals surface area (Å²) in [5.41, 5.74) is 0. The molecule has 2 N–H and O–H groups in total. The molecular formula is C14H22N2O3. The average molecular weight is 266 g/mol. The van der Waals surface area contributed by atoms with Gasteiger partial charge >= 0.3 is 12.0 Å². The average Bonchev–Trinajstić information content (AvgIpc) is 2.97. The van der Waals surface area contributed by atoms with Crippen molar-refractivity contribution in [3.63, 3.8) is 0 Å². The first-order valence-corrected chi connectivity index (χ1v) is 6.95. The zero-order chi connectivity index (χ0) is 13.8. The minimum atomic E-state index is -0.881. The number of carbonyl (C=O) groups is 2. The highest BCUT2D eigenvalue weighted by Gasteiger charge is 2.34. The number of carboxylic acid groups (broad SMARTS) is 1. The first-order chi connectivity index (χ1) is 9.06. The minimum Gasteiger partial charge on any atom is -0.481 e. The highest BCUT2D eigenvalue weighted by Crippen LogP contribution is 2.44.